The highest BCUT2D eigenvalue weighted by atomic mass is 19.1. The number of halogens is 3. The Kier molecular flexibility index (Phi) is 5.08. The molecule has 0 bridgehead atoms. The third-order valence-corrected chi connectivity index (χ3v) is 4.44. The van der Waals surface area contributed by atoms with Gasteiger partial charge in [0.15, 0.2) is 0 Å². The van der Waals surface area contributed by atoms with E-state index in [1.165, 1.54) is 0 Å². The minimum absolute atomic E-state index is 0.0512. The molecule has 0 aromatic heterocycles. The van der Waals surface area contributed by atoms with Crippen LogP contribution in [0.15, 0.2) is 36.4 Å². The van der Waals surface area contributed by atoms with Crippen LogP contribution in [-0.2, 0) is 4.79 Å². The average molecular weight is 348 g/mol. The molecule has 3 rings (SSSR count). The van der Waals surface area contributed by atoms with E-state index in [9.17, 15) is 18.0 Å². The first-order valence-electron chi connectivity index (χ1n) is 8.24. The van der Waals surface area contributed by atoms with E-state index in [2.05, 4.69) is 10.6 Å². The number of nitrogens with one attached hydrogen (secondary N) is 2. The van der Waals surface area contributed by atoms with Gasteiger partial charge in [-0.3, -0.25) is 4.79 Å². The molecule has 3 nitrogen and oxygen atoms in total. The molecule has 6 heteroatoms. The summed E-state index contributed by atoms with van der Waals surface area (Å²) < 4.78 is 40.7. The van der Waals surface area contributed by atoms with E-state index in [4.69, 9.17) is 0 Å². The highest BCUT2D eigenvalue weighted by Crippen LogP contribution is 2.28. The number of carbonyl (C=O) groups is 1. The maximum Gasteiger partial charge on any atom is 0.237 e. The fourth-order valence-corrected chi connectivity index (χ4v) is 3.06. The number of hydrogen-bond donors (Lipinski definition) is 2. The number of benzene rings is 2. The van der Waals surface area contributed by atoms with Gasteiger partial charge in [0.1, 0.15) is 17.5 Å². The van der Waals surface area contributed by atoms with Crippen LogP contribution >= 0.6 is 0 Å². The van der Waals surface area contributed by atoms with E-state index in [1.807, 2.05) is 6.92 Å². The van der Waals surface area contributed by atoms with Gasteiger partial charge in [0.2, 0.25) is 5.91 Å². The SMILES string of the molecule is CC(NC(=O)C1CCCN1)c1ccc(-c2c(F)cc(F)cc2F)cc1. The molecule has 1 fully saturated rings. The lowest BCUT2D eigenvalue weighted by Gasteiger charge is -2.18. The largest absolute Gasteiger partial charge is 0.348 e. The Morgan fingerprint density at radius 3 is 2.36 bits per heavy atom. The number of hydrogen-bond acceptors (Lipinski definition) is 2. The molecule has 1 amide bonds. The predicted octanol–water partition coefficient (Wildman–Crippen LogP) is 3.70. The highest BCUT2D eigenvalue weighted by molar-refractivity contribution is 5.82. The van der Waals surface area contributed by atoms with Gasteiger partial charge in [0.25, 0.3) is 0 Å². The van der Waals surface area contributed by atoms with E-state index in [-0.39, 0.29) is 23.6 Å². The van der Waals surface area contributed by atoms with Gasteiger partial charge in [-0.05, 0) is 37.4 Å². The van der Waals surface area contributed by atoms with Gasteiger partial charge in [-0.25, -0.2) is 13.2 Å². The van der Waals surface area contributed by atoms with Crippen molar-refractivity contribution in [2.75, 3.05) is 6.54 Å². The summed E-state index contributed by atoms with van der Waals surface area (Å²) in [4.78, 5) is 12.1. The Morgan fingerprint density at radius 1 is 1.16 bits per heavy atom. The van der Waals surface area contributed by atoms with E-state index in [1.54, 1.807) is 24.3 Å². The zero-order valence-electron chi connectivity index (χ0n) is 13.8. The monoisotopic (exact) mass is 348 g/mol. The van der Waals surface area contributed by atoms with Crippen molar-refractivity contribution in [2.45, 2.75) is 31.8 Å². The van der Waals surface area contributed by atoms with Crippen LogP contribution < -0.4 is 10.6 Å². The summed E-state index contributed by atoms with van der Waals surface area (Å²) in [6, 6.07) is 7.44. The van der Waals surface area contributed by atoms with Crippen LogP contribution in [0, 0.1) is 17.5 Å². The fourth-order valence-electron chi connectivity index (χ4n) is 3.06. The summed E-state index contributed by atoms with van der Waals surface area (Å²) in [7, 11) is 0. The average Bonchev–Trinajstić information content (AvgIpc) is 3.09. The van der Waals surface area contributed by atoms with Crippen molar-refractivity contribution in [1.82, 2.24) is 10.6 Å². The van der Waals surface area contributed by atoms with E-state index >= 15 is 0 Å². The van der Waals surface area contributed by atoms with Crippen molar-refractivity contribution in [3.63, 3.8) is 0 Å². The Bertz CT molecular complexity index is 748. The van der Waals surface area contributed by atoms with E-state index in [0.29, 0.717) is 17.7 Å². The van der Waals surface area contributed by atoms with Crippen molar-refractivity contribution in [2.24, 2.45) is 0 Å². The maximum atomic E-state index is 13.9. The predicted molar refractivity (Wildman–Crippen MR) is 89.3 cm³/mol. The third kappa shape index (κ3) is 3.85. The first kappa shape index (κ1) is 17.5. The molecule has 1 aliphatic heterocycles. The minimum atomic E-state index is -0.952. The maximum absolute atomic E-state index is 13.9. The summed E-state index contributed by atoms with van der Waals surface area (Å²) in [6.45, 7) is 2.69. The molecular formula is C19H19F3N2O. The molecule has 2 aromatic rings. The molecule has 132 valence electrons. The molecule has 25 heavy (non-hydrogen) atoms. The lowest BCUT2D eigenvalue weighted by molar-refractivity contribution is -0.123. The second-order valence-corrected chi connectivity index (χ2v) is 6.25. The van der Waals surface area contributed by atoms with Crippen molar-refractivity contribution in [3.8, 4) is 11.1 Å². The van der Waals surface area contributed by atoms with Gasteiger partial charge in [-0.1, -0.05) is 24.3 Å². The first-order chi connectivity index (χ1) is 12.0. The van der Waals surface area contributed by atoms with Crippen molar-refractivity contribution in [3.05, 3.63) is 59.4 Å². The molecule has 0 saturated carbocycles. The zero-order valence-corrected chi connectivity index (χ0v) is 13.8. The Labute approximate surface area is 144 Å². The van der Waals surface area contributed by atoms with Crippen molar-refractivity contribution >= 4 is 5.91 Å². The molecule has 2 atom stereocenters. The number of amides is 1. The lowest BCUT2D eigenvalue weighted by Crippen LogP contribution is -2.41. The second kappa shape index (κ2) is 7.27. The van der Waals surface area contributed by atoms with Gasteiger partial charge in [0.05, 0.1) is 17.6 Å². The van der Waals surface area contributed by atoms with Crippen LogP contribution in [0.1, 0.15) is 31.4 Å². The van der Waals surface area contributed by atoms with E-state index < -0.39 is 17.5 Å². The molecule has 0 spiro atoms. The molecule has 1 aliphatic rings. The van der Waals surface area contributed by atoms with Crippen LogP contribution in [0.2, 0.25) is 0 Å². The van der Waals surface area contributed by atoms with Crippen LogP contribution in [0.25, 0.3) is 11.1 Å². The van der Waals surface area contributed by atoms with Crippen molar-refractivity contribution < 1.29 is 18.0 Å². The van der Waals surface area contributed by atoms with Gasteiger partial charge in [-0.15, -0.1) is 0 Å². The molecular weight excluding hydrogens is 329 g/mol. The summed E-state index contributed by atoms with van der Waals surface area (Å²) in [5.74, 6) is -2.89. The van der Waals surface area contributed by atoms with Gasteiger partial charge in [0, 0.05) is 12.1 Å². The Hall–Kier alpha value is -2.34. The molecule has 1 saturated heterocycles. The van der Waals surface area contributed by atoms with Gasteiger partial charge >= 0.3 is 0 Å². The van der Waals surface area contributed by atoms with Crippen molar-refractivity contribution in [1.29, 1.82) is 0 Å². The molecule has 2 unspecified atom stereocenters. The molecule has 1 heterocycles. The second-order valence-electron chi connectivity index (χ2n) is 6.25. The smallest absolute Gasteiger partial charge is 0.237 e. The molecule has 0 radical (unpaired) electrons. The minimum Gasteiger partial charge on any atom is -0.348 e. The zero-order chi connectivity index (χ0) is 18.0. The molecule has 2 aromatic carbocycles. The van der Waals surface area contributed by atoms with Crippen LogP contribution in [0.4, 0.5) is 13.2 Å². The molecule has 0 aliphatic carbocycles. The van der Waals surface area contributed by atoms with Crippen LogP contribution in [0.3, 0.4) is 0 Å². The van der Waals surface area contributed by atoms with Gasteiger partial charge < -0.3 is 10.6 Å². The normalized spacial score (nSPS) is 18.2. The quantitative estimate of drug-likeness (QED) is 0.885. The summed E-state index contributed by atoms with van der Waals surface area (Å²) in [5, 5.41) is 6.06. The summed E-state index contributed by atoms with van der Waals surface area (Å²) in [5.41, 5.74) is 0.868. The fraction of sp³-hybridized carbons (Fsp3) is 0.316. The third-order valence-electron chi connectivity index (χ3n) is 4.44. The summed E-state index contributed by atoms with van der Waals surface area (Å²) >= 11 is 0. The van der Waals surface area contributed by atoms with Crippen LogP contribution in [-0.4, -0.2) is 18.5 Å². The first-order valence-corrected chi connectivity index (χ1v) is 8.24. The lowest BCUT2D eigenvalue weighted by atomic mass is 10.00. The summed E-state index contributed by atoms with van der Waals surface area (Å²) in [6.07, 6.45) is 1.80. The standard InChI is InChI=1S/C19H19F3N2O/c1-11(24-19(25)17-3-2-8-23-17)12-4-6-13(7-5-12)18-15(21)9-14(20)10-16(18)22/h4-7,9-11,17,23H,2-3,8H2,1H3,(H,24,25). The van der Waals surface area contributed by atoms with Crippen LogP contribution in [0.5, 0.6) is 0 Å². The van der Waals surface area contributed by atoms with Gasteiger partial charge in [-0.2, -0.15) is 0 Å². The highest BCUT2D eigenvalue weighted by Gasteiger charge is 2.23. The molecule has 2 N–H and O–H groups in total. The Balaban J connectivity index is 1.75. The number of rotatable bonds is 4. The number of carbonyl (C=O) groups excluding carboxylic acids is 1. The topological polar surface area (TPSA) is 41.1 Å². The Morgan fingerprint density at radius 2 is 1.80 bits per heavy atom. The van der Waals surface area contributed by atoms with E-state index in [0.717, 1.165) is 24.9 Å².